The number of piperazine rings is 1. The van der Waals surface area contributed by atoms with Gasteiger partial charge in [-0.2, -0.15) is 5.26 Å². The van der Waals surface area contributed by atoms with Gasteiger partial charge in [0, 0.05) is 19.6 Å². The van der Waals surface area contributed by atoms with Crippen LogP contribution >= 0.6 is 0 Å². The van der Waals surface area contributed by atoms with Crippen LogP contribution in [0.15, 0.2) is 10.5 Å². The first kappa shape index (κ1) is 13.6. The zero-order valence-electron chi connectivity index (χ0n) is 11.1. The van der Waals surface area contributed by atoms with Gasteiger partial charge in [-0.1, -0.05) is 0 Å². The Morgan fingerprint density at radius 1 is 1.74 bits per heavy atom. The smallest absolute Gasteiger partial charge is 0.341 e. The Bertz CT molecular complexity index is 504. The molecule has 0 aromatic carbocycles. The van der Waals surface area contributed by atoms with E-state index in [9.17, 15) is 4.79 Å². The molecule has 6 heteroatoms. The van der Waals surface area contributed by atoms with E-state index in [2.05, 4.69) is 16.1 Å². The second-order valence-electron chi connectivity index (χ2n) is 4.49. The highest BCUT2D eigenvalue weighted by Gasteiger charge is 2.24. The number of carbonyl (C=O) groups excluding carboxylic acids is 1. The van der Waals surface area contributed by atoms with E-state index in [0.29, 0.717) is 30.2 Å². The first-order chi connectivity index (χ1) is 9.15. The molecule has 0 bridgehead atoms. The number of nitrogens with zero attached hydrogens (tertiary/aromatic N) is 2. The van der Waals surface area contributed by atoms with Gasteiger partial charge in [0.25, 0.3) is 0 Å². The van der Waals surface area contributed by atoms with Crippen molar-refractivity contribution in [2.45, 2.75) is 19.5 Å². The van der Waals surface area contributed by atoms with Crippen LogP contribution in [0.5, 0.6) is 0 Å². The molecule has 2 heterocycles. The van der Waals surface area contributed by atoms with Crippen molar-refractivity contribution in [3.63, 3.8) is 0 Å². The maximum atomic E-state index is 11.5. The SMILES string of the molecule is COC(=O)c1cc(CN2CCNCC2C#N)oc1C. The molecule has 0 aliphatic carbocycles. The quantitative estimate of drug-likeness (QED) is 0.808. The molecule has 1 unspecified atom stereocenters. The average Bonchev–Trinajstić information content (AvgIpc) is 2.79. The van der Waals surface area contributed by atoms with Crippen molar-refractivity contribution >= 4 is 5.97 Å². The summed E-state index contributed by atoms with van der Waals surface area (Å²) in [5.41, 5.74) is 0.446. The summed E-state index contributed by atoms with van der Waals surface area (Å²) in [6.45, 7) is 4.54. The third-order valence-electron chi connectivity index (χ3n) is 3.24. The molecule has 102 valence electrons. The van der Waals surface area contributed by atoms with Crippen LogP contribution in [0.25, 0.3) is 0 Å². The fourth-order valence-corrected chi connectivity index (χ4v) is 2.20. The zero-order chi connectivity index (χ0) is 13.8. The normalized spacial score (nSPS) is 19.9. The van der Waals surface area contributed by atoms with E-state index < -0.39 is 5.97 Å². The van der Waals surface area contributed by atoms with Crippen LogP contribution in [0.2, 0.25) is 0 Å². The number of hydrogen-bond acceptors (Lipinski definition) is 6. The van der Waals surface area contributed by atoms with Crippen LogP contribution < -0.4 is 5.32 Å². The molecule has 0 saturated carbocycles. The number of methoxy groups -OCH3 is 1. The van der Waals surface area contributed by atoms with Crippen LogP contribution in [-0.2, 0) is 11.3 Å². The number of carbonyl (C=O) groups is 1. The Morgan fingerprint density at radius 2 is 2.53 bits per heavy atom. The standard InChI is InChI=1S/C13H17N3O3/c1-9-12(13(17)18-2)5-11(19-9)8-16-4-3-15-7-10(16)6-14/h5,10,15H,3-4,7-8H2,1-2H3. The number of furan rings is 1. The highest BCUT2D eigenvalue weighted by molar-refractivity contribution is 5.90. The molecule has 0 spiro atoms. The van der Waals surface area contributed by atoms with Crippen molar-refractivity contribution in [3.05, 3.63) is 23.2 Å². The number of aryl methyl sites for hydroxylation is 1. The van der Waals surface area contributed by atoms with Crippen LogP contribution in [-0.4, -0.2) is 43.7 Å². The van der Waals surface area contributed by atoms with Gasteiger partial charge in [0.2, 0.25) is 0 Å². The van der Waals surface area contributed by atoms with Crippen molar-refractivity contribution in [3.8, 4) is 6.07 Å². The summed E-state index contributed by atoms with van der Waals surface area (Å²) in [7, 11) is 1.34. The van der Waals surface area contributed by atoms with E-state index in [1.54, 1.807) is 13.0 Å². The molecule has 1 N–H and O–H groups in total. The van der Waals surface area contributed by atoms with Crippen molar-refractivity contribution in [2.75, 3.05) is 26.7 Å². The highest BCUT2D eigenvalue weighted by atomic mass is 16.5. The Labute approximate surface area is 111 Å². The Morgan fingerprint density at radius 3 is 3.21 bits per heavy atom. The van der Waals surface area contributed by atoms with E-state index >= 15 is 0 Å². The van der Waals surface area contributed by atoms with Gasteiger partial charge in [-0.3, -0.25) is 4.90 Å². The van der Waals surface area contributed by atoms with E-state index in [-0.39, 0.29) is 6.04 Å². The Balaban J connectivity index is 2.11. The maximum Gasteiger partial charge on any atom is 0.341 e. The fraction of sp³-hybridized carbons (Fsp3) is 0.538. The summed E-state index contributed by atoms with van der Waals surface area (Å²) >= 11 is 0. The minimum atomic E-state index is -0.398. The first-order valence-corrected chi connectivity index (χ1v) is 6.17. The van der Waals surface area contributed by atoms with Crippen LogP contribution in [0.1, 0.15) is 21.9 Å². The number of rotatable bonds is 3. The second kappa shape index (κ2) is 5.87. The summed E-state index contributed by atoms with van der Waals surface area (Å²) in [4.78, 5) is 13.5. The zero-order valence-corrected chi connectivity index (χ0v) is 11.1. The van der Waals surface area contributed by atoms with Crippen LogP contribution in [0, 0.1) is 18.3 Å². The lowest BCUT2D eigenvalue weighted by Gasteiger charge is -2.30. The number of hydrogen-bond donors (Lipinski definition) is 1. The van der Waals surface area contributed by atoms with Gasteiger partial charge in [-0.05, 0) is 13.0 Å². The lowest BCUT2D eigenvalue weighted by atomic mass is 10.2. The third-order valence-corrected chi connectivity index (χ3v) is 3.24. The lowest BCUT2D eigenvalue weighted by molar-refractivity contribution is 0.0599. The minimum absolute atomic E-state index is 0.166. The molecule has 6 nitrogen and oxygen atoms in total. The van der Waals surface area contributed by atoms with Gasteiger partial charge in [-0.25, -0.2) is 4.79 Å². The Hall–Kier alpha value is -1.84. The molecule has 0 radical (unpaired) electrons. The molecule has 1 atom stereocenters. The molecule has 0 amide bonds. The topological polar surface area (TPSA) is 78.5 Å². The predicted molar refractivity (Wildman–Crippen MR) is 67.5 cm³/mol. The monoisotopic (exact) mass is 263 g/mol. The molecule has 1 aromatic heterocycles. The van der Waals surface area contributed by atoms with E-state index in [0.717, 1.165) is 13.1 Å². The molecule has 1 aromatic rings. The Kier molecular flexibility index (Phi) is 4.20. The number of esters is 1. The second-order valence-corrected chi connectivity index (χ2v) is 4.49. The van der Waals surface area contributed by atoms with Crippen molar-refractivity contribution in [1.29, 1.82) is 5.26 Å². The van der Waals surface area contributed by atoms with E-state index in [4.69, 9.17) is 9.68 Å². The summed E-state index contributed by atoms with van der Waals surface area (Å²) in [5, 5.41) is 12.3. The molecule has 1 aliphatic heterocycles. The third kappa shape index (κ3) is 2.95. The maximum absolute atomic E-state index is 11.5. The molecular weight excluding hydrogens is 246 g/mol. The molecule has 1 saturated heterocycles. The van der Waals surface area contributed by atoms with Crippen LogP contribution in [0.3, 0.4) is 0 Å². The molecular formula is C13H17N3O3. The van der Waals surface area contributed by atoms with Crippen molar-refractivity contribution in [1.82, 2.24) is 10.2 Å². The minimum Gasteiger partial charge on any atom is -0.465 e. The largest absolute Gasteiger partial charge is 0.465 e. The average molecular weight is 263 g/mol. The van der Waals surface area contributed by atoms with Crippen molar-refractivity contribution < 1.29 is 13.9 Å². The molecule has 2 rings (SSSR count). The van der Waals surface area contributed by atoms with Gasteiger partial charge in [0.1, 0.15) is 23.1 Å². The van der Waals surface area contributed by atoms with E-state index in [1.165, 1.54) is 7.11 Å². The summed E-state index contributed by atoms with van der Waals surface area (Å²) in [5.74, 6) is 0.829. The molecule has 1 fully saturated rings. The lowest BCUT2D eigenvalue weighted by Crippen LogP contribution is -2.49. The highest BCUT2D eigenvalue weighted by Crippen LogP contribution is 2.18. The fourth-order valence-electron chi connectivity index (χ4n) is 2.20. The van der Waals surface area contributed by atoms with Crippen LogP contribution in [0.4, 0.5) is 0 Å². The first-order valence-electron chi connectivity index (χ1n) is 6.17. The summed E-state index contributed by atoms with van der Waals surface area (Å²) < 4.78 is 10.2. The van der Waals surface area contributed by atoms with Crippen molar-refractivity contribution in [2.24, 2.45) is 0 Å². The van der Waals surface area contributed by atoms with E-state index in [1.807, 2.05) is 4.90 Å². The number of nitriles is 1. The summed E-state index contributed by atoms with van der Waals surface area (Å²) in [6.07, 6.45) is 0. The van der Waals surface area contributed by atoms with Gasteiger partial charge in [-0.15, -0.1) is 0 Å². The predicted octanol–water partition coefficient (Wildman–Crippen LogP) is 0.672. The van der Waals surface area contributed by atoms with Gasteiger partial charge >= 0.3 is 5.97 Å². The number of ether oxygens (including phenoxy) is 1. The molecule has 19 heavy (non-hydrogen) atoms. The number of nitrogens with one attached hydrogen (secondary N) is 1. The van der Waals surface area contributed by atoms with Gasteiger partial charge in [0.15, 0.2) is 0 Å². The van der Waals surface area contributed by atoms with Gasteiger partial charge < -0.3 is 14.5 Å². The molecule has 1 aliphatic rings. The van der Waals surface area contributed by atoms with Gasteiger partial charge in [0.05, 0.1) is 19.7 Å². The summed E-state index contributed by atoms with van der Waals surface area (Å²) in [6, 6.07) is 3.79.